The molecular formula is C12F24. The van der Waals surface area contributed by atoms with Crippen LogP contribution in [0.2, 0.25) is 0 Å². The van der Waals surface area contributed by atoms with E-state index in [0.717, 1.165) is 0 Å². The summed E-state index contributed by atoms with van der Waals surface area (Å²) < 4.78 is 283. The van der Waals surface area contributed by atoms with Crippen molar-refractivity contribution < 1.29 is 105 Å². The summed E-state index contributed by atoms with van der Waals surface area (Å²) in [6, 6.07) is 0. The van der Waals surface area contributed by atoms with Gasteiger partial charge in [-0.15, -0.1) is 0 Å². The van der Waals surface area contributed by atoms with Gasteiger partial charge in [0.25, 0.3) is 0 Å². The van der Waals surface area contributed by atoms with E-state index in [-0.39, 0.29) is 0 Å². The van der Waals surface area contributed by atoms with Crippen molar-refractivity contribution in [3.05, 3.63) is 23.6 Å². The van der Waals surface area contributed by atoms with Crippen LogP contribution in [0.4, 0.5) is 105 Å². The molecule has 0 spiro atoms. The lowest BCUT2D eigenvalue weighted by Gasteiger charge is -2.32. The monoisotopic (exact) mass is 600 g/mol. The Morgan fingerprint density at radius 2 is 0.583 bits per heavy atom. The highest BCUT2D eigenvalue weighted by atomic mass is 19.4. The molecule has 0 amide bonds. The molecule has 0 fully saturated rings. The van der Waals surface area contributed by atoms with E-state index in [2.05, 4.69) is 0 Å². The first-order valence-electron chi connectivity index (χ1n) is 7.04. The molecule has 0 heterocycles. The molecule has 0 unspecified atom stereocenters. The number of hydrogen-bond acceptors (Lipinski definition) is 0. The summed E-state index contributed by atoms with van der Waals surface area (Å²) in [4.78, 5) is 0. The molecular weight excluding hydrogens is 600 g/mol. The van der Waals surface area contributed by atoms with Crippen molar-refractivity contribution >= 4 is 0 Å². The van der Waals surface area contributed by atoms with Crippen LogP contribution in [-0.2, 0) is 0 Å². The van der Waals surface area contributed by atoms with Gasteiger partial charge in [0.2, 0.25) is 17.5 Å². The number of allylic oxidation sites excluding steroid dienone is 3. The first-order chi connectivity index (χ1) is 15.2. The van der Waals surface area contributed by atoms with Crippen molar-refractivity contribution in [2.75, 3.05) is 0 Å². The predicted octanol–water partition coefficient (Wildman–Crippen LogP) is 9.06. The molecule has 24 heteroatoms. The van der Waals surface area contributed by atoms with E-state index >= 15 is 0 Å². The van der Waals surface area contributed by atoms with Gasteiger partial charge in [-0.05, 0) is 0 Å². The zero-order chi connectivity index (χ0) is 30.3. The summed E-state index contributed by atoms with van der Waals surface area (Å²) in [6.45, 7) is 0. The molecule has 216 valence electrons. The van der Waals surface area contributed by atoms with E-state index < -0.39 is 71.7 Å². The maximum absolute atomic E-state index is 12.3. The average Bonchev–Trinajstić information content (AvgIpc) is 2.63. The molecule has 0 aromatic heterocycles. The summed E-state index contributed by atoms with van der Waals surface area (Å²) in [5.41, 5.74) is 0. The minimum atomic E-state index is -7.42. The van der Waals surface area contributed by atoms with Crippen molar-refractivity contribution in [2.45, 2.75) is 48.1 Å². The lowest BCUT2D eigenvalue weighted by molar-refractivity contribution is -0.392. The fourth-order valence-electron chi connectivity index (χ4n) is 1.21. The molecule has 0 radical (unpaired) electrons. The van der Waals surface area contributed by atoms with E-state index in [4.69, 9.17) is 0 Å². The summed E-state index contributed by atoms with van der Waals surface area (Å²) >= 11 is 0. The highest BCUT2D eigenvalue weighted by molar-refractivity contribution is 5.19. The van der Waals surface area contributed by atoms with E-state index in [1.807, 2.05) is 0 Å². The van der Waals surface area contributed by atoms with Gasteiger partial charge in [0.05, 0.1) is 0 Å². The Labute approximate surface area is 178 Å². The molecule has 0 bridgehead atoms. The second-order valence-electron chi connectivity index (χ2n) is 5.57. The number of hydrogen-bond donors (Lipinski definition) is 0. The maximum Gasteiger partial charge on any atom is 0.460 e. The van der Waals surface area contributed by atoms with Crippen LogP contribution in [0.15, 0.2) is 23.6 Å². The van der Waals surface area contributed by atoms with Gasteiger partial charge in [0.15, 0.2) is 0 Å². The molecule has 0 aromatic rings. The Bertz CT molecular complexity index is 823. The molecule has 0 aliphatic carbocycles. The van der Waals surface area contributed by atoms with Crippen LogP contribution in [0.5, 0.6) is 0 Å². The Balaban J connectivity index is 0. The molecule has 0 saturated heterocycles. The molecule has 36 heavy (non-hydrogen) atoms. The smallest absolute Gasteiger partial charge is 0.202 e. The Kier molecular flexibility index (Phi) is 9.92. The fourth-order valence-corrected chi connectivity index (χ4v) is 1.21. The Hall–Kier alpha value is -2.20. The first kappa shape index (κ1) is 36.0. The van der Waals surface area contributed by atoms with E-state index in [0.29, 0.717) is 0 Å². The van der Waals surface area contributed by atoms with Gasteiger partial charge in [-0.25, -0.2) is 4.39 Å². The maximum atomic E-state index is 12.3. The van der Waals surface area contributed by atoms with Crippen LogP contribution in [0.3, 0.4) is 0 Å². The zero-order valence-corrected chi connectivity index (χ0v) is 15.1. The second kappa shape index (κ2) is 9.93. The van der Waals surface area contributed by atoms with Crippen LogP contribution in [0, 0.1) is 0 Å². The van der Waals surface area contributed by atoms with Crippen LogP contribution >= 0.6 is 0 Å². The molecule has 0 aromatic carbocycles. The molecule has 0 nitrogen and oxygen atoms in total. The highest BCUT2D eigenvalue weighted by Crippen LogP contribution is 2.56. The van der Waals surface area contributed by atoms with Gasteiger partial charge in [-0.3, -0.25) is 0 Å². The fraction of sp³-hybridized carbons (Fsp3) is 0.667. The van der Waals surface area contributed by atoms with E-state index in [1.54, 1.807) is 0 Å². The standard InChI is InChI=1S/2C6F12/c7-1(2(8)9)3(10,11)4(12,13)5(14,15)6(16,17)18;7-1(2(8)4(11,12)13)3(9,10)5(14,15)6(16,17)18. The van der Waals surface area contributed by atoms with Gasteiger partial charge in [0.1, 0.15) is 0 Å². The topological polar surface area (TPSA) is 0 Å². The largest absolute Gasteiger partial charge is 0.460 e. The second-order valence-corrected chi connectivity index (χ2v) is 5.57. The average molecular weight is 600 g/mol. The molecule has 0 atom stereocenters. The predicted molar refractivity (Wildman–Crippen MR) is 62.5 cm³/mol. The molecule has 0 saturated carbocycles. The molecule has 0 N–H and O–H groups in total. The molecule has 0 aliphatic heterocycles. The quantitative estimate of drug-likeness (QED) is 0.277. The third-order valence-electron chi connectivity index (χ3n) is 3.05. The molecule has 0 aliphatic rings. The summed E-state index contributed by atoms with van der Waals surface area (Å²) in [6.07, 6.45) is -24.9. The normalized spacial score (nSPS) is 15.7. The zero-order valence-electron chi connectivity index (χ0n) is 15.1. The van der Waals surface area contributed by atoms with Crippen molar-refractivity contribution in [2.24, 2.45) is 0 Å². The summed E-state index contributed by atoms with van der Waals surface area (Å²) in [5.74, 6) is -49.4. The van der Waals surface area contributed by atoms with Crippen LogP contribution in [0.25, 0.3) is 0 Å². The van der Waals surface area contributed by atoms with Crippen molar-refractivity contribution in [3.63, 3.8) is 0 Å². The van der Waals surface area contributed by atoms with Gasteiger partial charge >= 0.3 is 54.2 Å². The third-order valence-corrected chi connectivity index (χ3v) is 3.05. The van der Waals surface area contributed by atoms with Gasteiger partial charge in [0, 0.05) is 0 Å². The van der Waals surface area contributed by atoms with Gasteiger partial charge in [-0.2, -0.15) is 101 Å². The summed E-state index contributed by atoms with van der Waals surface area (Å²) in [7, 11) is 0. The van der Waals surface area contributed by atoms with Gasteiger partial charge < -0.3 is 0 Å². The minimum absolute atomic E-state index is 4.14. The van der Waals surface area contributed by atoms with E-state index in [1.165, 1.54) is 0 Å². The van der Waals surface area contributed by atoms with Crippen LogP contribution in [0.1, 0.15) is 0 Å². The van der Waals surface area contributed by atoms with Crippen molar-refractivity contribution in [1.29, 1.82) is 0 Å². The molecule has 0 rings (SSSR count). The summed E-state index contributed by atoms with van der Waals surface area (Å²) in [5, 5.41) is 0. The Morgan fingerprint density at radius 1 is 0.306 bits per heavy atom. The van der Waals surface area contributed by atoms with Crippen LogP contribution < -0.4 is 0 Å². The number of halogens is 24. The Morgan fingerprint density at radius 3 is 0.806 bits per heavy atom. The van der Waals surface area contributed by atoms with E-state index in [9.17, 15) is 105 Å². The third kappa shape index (κ3) is 6.37. The SMILES string of the molecule is FC(=C(F)C(F)(F)C(F)(F)C(F)(F)F)C(F)(F)F.FC(F)=C(F)C(F)(F)C(F)(F)C(F)(F)C(F)(F)F. The first-order valence-corrected chi connectivity index (χ1v) is 7.04. The van der Waals surface area contributed by atoms with Crippen molar-refractivity contribution in [3.8, 4) is 0 Å². The highest BCUT2D eigenvalue weighted by Gasteiger charge is 2.83. The minimum Gasteiger partial charge on any atom is -0.202 e. The van der Waals surface area contributed by atoms with Gasteiger partial charge in [-0.1, -0.05) is 0 Å². The number of alkyl halides is 19. The lowest BCUT2D eigenvalue weighted by Crippen LogP contribution is -2.61. The van der Waals surface area contributed by atoms with Crippen LogP contribution in [-0.4, -0.2) is 48.1 Å². The lowest BCUT2D eigenvalue weighted by atomic mass is 10.0. The van der Waals surface area contributed by atoms with Crippen molar-refractivity contribution in [1.82, 2.24) is 0 Å². The number of rotatable bonds is 5.